The molecule has 216 valence electrons. The molecule has 2 saturated heterocycles. The van der Waals surface area contributed by atoms with Crippen molar-refractivity contribution in [1.29, 1.82) is 0 Å². The minimum atomic E-state index is -0.380. The van der Waals surface area contributed by atoms with E-state index in [4.69, 9.17) is 28.6 Å². The van der Waals surface area contributed by atoms with Crippen molar-refractivity contribution >= 4 is 46.3 Å². The van der Waals surface area contributed by atoms with Gasteiger partial charge in [0.2, 0.25) is 0 Å². The number of halogens is 1. The molecule has 9 heteroatoms. The van der Waals surface area contributed by atoms with Crippen molar-refractivity contribution in [1.82, 2.24) is 14.9 Å². The zero-order chi connectivity index (χ0) is 29.4. The maximum atomic E-state index is 12.3. The van der Waals surface area contributed by atoms with Crippen LogP contribution in [0.2, 0.25) is 5.02 Å². The lowest BCUT2D eigenvalue weighted by atomic mass is 9.91. The lowest BCUT2D eigenvalue weighted by Crippen LogP contribution is -2.38. The van der Waals surface area contributed by atoms with Crippen molar-refractivity contribution in [2.24, 2.45) is 11.8 Å². The molecule has 4 atom stereocenters. The van der Waals surface area contributed by atoms with E-state index in [9.17, 15) is 4.79 Å². The van der Waals surface area contributed by atoms with E-state index in [0.29, 0.717) is 27.5 Å². The summed E-state index contributed by atoms with van der Waals surface area (Å²) in [6.45, 7) is 6.60. The molecule has 0 spiro atoms. The maximum Gasteiger partial charge on any atom is 0.337 e. The first-order valence-electron chi connectivity index (χ1n) is 14.2. The van der Waals surface area contributed by atoms with Crippen molar-refractivity contribution in [2.75, 3.05) is 30.0 Å². The molecule has 2 fully saturated rings. The van der Waals surface area contributed by atoms with Gasteiger partial charge >= 0.3 is 5.97 Å². The van der Waals surface area contributed by atoms with Gasteiger partial charge in [-0.2, -0.15) is 0 Å². The number of anilines is 2. The predicted molar refractivity (Wildman–Crippen MR) is 172 cm³/mol. The number of piperidine rings is 1. The van der Waals surface area contributed by atoms with E-state index in [0.717, 1.165) is 41.5 Å². The number of nitrogens with zero attached hydrogens (tertiary/aromatic N) is 4. The van der Waals surface area contributed by atoms with Gasteiger partial charge in [-0.05, 0) is 91.1 Å². The van der Waals surface area contributed by atoms with E-state index in [1.807, 2.05) is 54.7 Å². The van der Waals surface area contributed by atoms with Crippen molar-refractivity contribution in [3.8, 4) is 5.69 Å². The highest BCUT2D eigenvalue weighted by atomic mass is 35.5. The average Bonchev–Trinajstić information content (AvgIpc) is 3.61. The van der Waals surface area contributed by atoms with Crippen molar-refractivity contribution in [3.05, 3.63) is 107 Å². The van der Waals surface area contributed by atoms with Crippen molar-refractivity contribution < 1.29 is 9.53 Å². The van der Waals surface area contributed by atoms with Crippen molar-refractivity contribution in [2.45, 2.75) is 32.4 Å². The van der Waals surface area contributed by atoms with Crippen LogP contribution in [0.15, 0.2) is 85.2 Å². The van der Waals surface area contributed by atoms with Gasteiger partial charge < -0.3 is 24.4 Å². The Hall–Kier alpha value is -3.88. The lowest BCUT2D eigenvalue weighted by Gasteiger charge is -2.37. The molecule has 0 amide bonds. The van der Waals surface area contributed by atoms with Crippen LogP contribution < -0.4 is 15.1 Å². The number of ether oxygens (including phenoxy) is 1. The van der Waals surface area contributed by atoms with Gasteiger partial charge in [-0.25, -0.2) is 4.79 Å². The highest BCUT2D eigenvalue weighted by molar-refractivity contribution is 7.80. The molecule has 2 aliphatic heterocycles. The SMILES string of the molecule is COC(=O)c1cccc(-n2cccc2[C@H]2[C@@H](c3ccccn3)NC(=S)N2c2ccc(N3C[C@H](C)C[C@H](C)C3)c(Cl)c2)c1. The summed E-state index contributed by atoms with van der Waals surface area (Å²) >= 11 is 13.0. The van der Waals surface area contributed by atoms with Crippen LogP contribution in [-0.4, -0.2) is 40.8 Å². The van der Waals surface area contributed by atoms with E-state index in [-0.39, 0.29) is 18.1 Å². The Morgan fingerprint density at radius 2 is 1.81 bits per heavy atom. The van der Waals surface area contributed by atoms with Crippen LogP contribution in [0.25, 0.3) is 5.69 Å². The Morgan fingerprint density at radius 3 is 2.52 bits per heavy atom. The fraction of sp³-hybridized carbons (Fsp3) is 0.303. The smallest absolute Gasteiger partial charge is 0.337 e. The number of benzene rings is 2. The number of hydrogen-bond donors (Lipinski definition) is 1. The molecule has 6 rings (SSSR count). The molecule has 0 bridgehead atoms. The van der Waals surface area contributed by atoms with Crippen LogP contribution in [0.5, 0.6) is 0 Å². The summed E-state index contributed by atoms with van der Waals surface area (Å²) in [6.07, 6.45) is 5.03. The van der Waals surface area contributed by atoms with E-state index >= 15 is 0 Å². The molecular formula is C33H34ClN5O2S. The number of nitrogens with one attached hydrogen (secondary N) is 1. The third-order valence-corrected chi connectivity index (χ3v) is 8.76. The molecular weight excluding hydrogens is 566 g/mol. The molecule has 4 heterocycles. The van der Waals surface area contributed by atoms with Gasteiger partial charge in [0, 0.05) is 42.6 Å². The first-order valence-corrected chi connectivity index (χ1v) is 15.0. The predicted octanol–water partition coefficient (Wildman–Crippen LogP) is 6.97. The van der Waals surface area contributed by atoms with Crippen LogP contribution in [0.1, 0.15) is 54.1 Å². The van der Waals surface area contributed by atoms with E-state index in [2.05, 4.69) is 56.7 Å². The van der Waals surface area contributed by atoms with Crippen LogP contribution in [0, 0.1) is 11.8 Å². The minimum absolute atomic E-state index is 0.224. The first-order chi connectivity index (χ1) is 20.3. The second-order valence-corrected chi connectivity index (χ2v) is 12.1. The highest BCUT2D eigenvalue weighted by Crippen LogP contribution is 2.44. The largest absolute Gasteiger partial charge is 0.465 e. The van der Waals surface area contributed by atoms with E-state index < -0.39 is 0 Å². The van der Waals surface area contributed by atoms with Crippen LogP contribution in [0.4, 0.5) is 11.4 Å². The second kappa shape index (κ2) is 11.8. The molecule has 0 unspecified atom stereocenters. The van der Waals surface area contributed by atoms with Crippen molar-refractivity contribution in [3.63, 3.8) is 0 Å². The first kappa shape index (κ1) is 28.2. The monoisotopic (exact) mass is 599 g/mol. The molecule has 2 aliphatic rings. The number of carbonyl (C=O) groups is 1. The van der Waals surface area contributed by atoms with E-state index in [1.165, 1.54) is 13.5 Å². The summed E-state index contributed by atoms with van der Waals surface area (Å²) in [5, 5.41) is 4.84. The number of thiocarbonyl (C=S) groups is 1. The third kappa shape index (κ3) is 5.37. The molecule has 7 nitrogen and oxygen atoms in total. The minimum Gasteiger partial charge on any atom is -0.465 e. The summed E-state index contributed by atoms with van der Waals surface area (Å²) in [6, 6.07) is 23.2. The average molecular weight is 600 g/mol. The number of rotatable bonds is 6. The van der Waals surface area contributed by atoms with Gasteiger partial charge in [-0.15, -0.1) is 0 Å². The molecule has 0 saturated carbocycles. The van der Waals surface area contributed by atoms with Gasteiger partial charge in [-0.3, -0.25) is 4.98 Å². The normalized spacial score (nSPS) is 22.2. The molecule has 4 aromatic rings. The number of esters is 1. The Kier molecular flexibility index (Phi) is 7.92. The van der Waals surface area contributed by atoms with Gasteiger partial charge in [0.15, 0.2) is 5.11 Å². The van der Waals surface area contributed by atoms with Crippen LogP contribution in [-0.2, 0) is 4.74 Å². The lowest BCUT2D eigenvalue weighted by molar-refractivity contribution is 0.0600. The molecule has 0 aliphatic carbocycles. The zero-order valence-electron chi connectivity index (χ0n) is 23.9. The molecule has 1 N–H and O–H groups in total. The summed E-state index contributed by atoms with van der Waals surface area (Å²) in [5.41, 5.74) is 5.15. The Morgan fingerprint density at radius 1 is 1.00 bits per heavy atom. The fourth-order valence-electron chi connectivity index (χ4n) is 6.47. The molecule has 2 aromatic carbocycles. The number of hydrogen-bond acceptors (Lipinski definition) is 5. The Bertz CT molecular complexity index is 1600. The zero-order valence-corrected chi connectivity index (χ0v) is 25.5. The molecule has 0 radical (unpaired) electrons. The van der Waals surface area contributed by atoms with Crippen LogP contribution in [0.3, 0.4) is 0 Å². The number of methoxy groups -OCH3 is 1. The topological polar surface area (TPSA) is 62.6 Å². The molecule has 2 aromatic heterocycles. The fourth-order valence-corrected chi connectivity index (χ4v) is 7.11. The number of pyridine rings is 1. The van der Waals surface area contributed by atoms with Gasteiger partial charge in [0.25, 0.3) is 0 Å². The van der Waals surface area contributed by atoms with Gasteiger partial charge in [0.1, 0.15) is 6.04 Å². The number of carbonyl (C=O) groups excluding carboxylic acids is 1. The van der Waals surface area contributed by atoms with Crippen LogP contribution >= 0.6 is 23.8 Å². The second-order valence-electron chi connectivity index (χ2n) is 11.3. The maximum absolute atomic E-state index is 12.3. The van der Waals surface area contributed by atoms with Gasteiger partial charge in [-0.1, -0.05) is 37.6 Å². The quantitative estimate of drug-likeness (QED) is 0.190. The summed E-state index contributed by atoms with van der Waals surface area (Å²) in [4.78, 5) is 21.5. The summed E-state index contributed by atoms with van der Waals surface area (Å²) in [5.74, 6) is 0.858. The van der Waals surface area contributed by atoms with E-state index in [1.54, 1.807) is 12.3 Å². The third-order valence-electron chi connectivity index (χ3n) is 8.15. The van der Waals surface area contributed by atoms with Gasteiger partial charge in [0.05, 0.1) is 35.1 Å². The Balaban J connectivity index is 1.43. The molecule has 42 heavy (non-hydrogen) atoms. The standard InChI is InChI=1S/C33H34ClN5O2S/c1-21-16-22(2)20-37(19-21)28-13-12-25(18-26(28)34)39-31(30(36-33(39)42)27-10-4-5-14-35-27)29-11-7-15-38(29)24-9-6-8-23(17-24)32(40)41-3/h4-15,17-18,21-22,30-31H,16,19-20H2,1-3H3,(H,36,42)/t21-,22+,30-,31+/m1/s1. The summed E-state index contributed by atoms with van der Waals surface area (Å²) in [7, 11) is 1.39. The summed E-state index contributed by atoms with van der Waals surface area (Å²) < 4.78 is 7.06. The Labute approximate surface area is 257 Å². The number of aromatic nitrogens is 2. The highest BCUT2D eigenvalue weighted by Gasteiger charge is 2.42.